The van der Waals surface area contributed by atoms with Crippen molar-refractivity contribution in [1.82, 2.24) is 0 Å². The molecule has 0 unspecified atom stereocenters. The third-order valence-electron chi connectivity index (χ3n) is 9.56. The van der Waals surface area contributed by atoms with Crippen molar-refractivity contribution < 1.29 is 44.8 Å². The summed E-state index contributed by atoms with van der Waals surface area (Å²) in [6, 6.07) is 81.2. The topological polar surface area (TPSA) is 0 Å². The van der Waals surface area contributed by atoms with Crippen molar-refractivity contribution in [3.63, 3.8) is 0 Å². The molecule has 58 heavy (non-hydrogen) atoms. The summed E-state index contributed by atoms with van der Waals surface area (Å²) in [5.74, 6) is 4.84. The van der Waals surface area contributed by atoms with Crippen molar-refractivity contribution in [3.05, 3.63) is 254 Å². The maximum Gasteiger partial charge on any atom is 1.00 e. The summed E-state index contributed by atoms with van der Waals surface area (Å²) in [5.41, 5.74) is 1.71. The quantitative estimate of drug-likeness (QED) is 0.0674. The monoisotopic (exact) mass is 964 g/mol. The number of fused-ring (bicyclic) bond motifs is 2. The Morgan fingerprint density at radius 2 is 0.534 bits per heavy atom. The summed E-state index contributed by atoms with van der Waals surface area (Å²) in [6.45, 7) is 0. The predicted octanol–water partition coefficient (Wildman–Crippen LogP) is 10.2. The fraction of sp³-hybridized carbons (Fsp3) is 0. The van der Waals surface area contributed by atoms with Gasteiger partial charge in [-0.3, -0.25) is 11.8 Å². The zero-order chi connectivity index (χ0) is 38.4. The van der Waals surface area contributed by atoms with Gasteiger partial charge in [-0.1, -0.05) is 168 Å². The standard InChI is InChI=1S/C30H24P2.2C12H7.2Ag/c1-5-15-25(16-6-1)31(26-17-7-2-8-18-26)29-23-13-14-24-30(29)32(27-19-9-3-10-20-27)28-21-11-4-12-22-28;2*1-2-10-7-5-8-11-6-3-4-9-12(10)11;;/h1-24H;2*3-9H;;/q;2*-1;2*+1/p+2. The Morgan fingerprint density at radius 3 is 0.845 bits per heavy atom. The molecule has 0 nitrogen and oxygen atoms in total. The van der Waals surface area contributed by atoms with Crippen molar-refractivity contribution >= 4 is 69.2 Å². The third-order valence-corrected chi connectivity index (χ3v) is 15.4. The van der Waals surface area contributed by atoms with Gasteiger partial charge in [0.15, 0.2) is 0 Å². The van der Waals surface area contributed by atoms with Gasteiger partial charge in [-0.2, -0.15) is 0 Å². The summed E-state index contributed by atoms with van der Waals surface area (Å²) >= 11 is 0. The minimum atomic E-state index is -1.14. The Kier molecular flexibility index (Phi) is 17.3. The Hall–Kier alpha value is -5.04. The normalized spacial score (nSPS) is 10.1. The van der Waals surface area contributed by atoms with Crippen LogP contribution in [0.3, 0.4) is 0 Å². The first-order valence-corrected chi connectivity index (χ1v) is 21.6. The molecule has 0 aromatic heterocycles. The average Bonchev–Trinajstić information content (AvgIpc) is 3.28. The summed E-state index contributed by atoms with van der Waals surface area (Å²) in [5, 5.41) is 13.2. The molecule has 0 radical (unpaired) electrons. The van der Waals surface area contributed by atoms with E-state index >= 15 is 0 Å². The van der Waals surface area contributed by atoms with Crippen LogP contribution < -0.4 is 31.8 Å². The maximum atomic E-state index is 7.08. The molecule has 9 aromatic rings. The number of hydrogen-bond donors (Lipinski definition) is 0. The van der Waals surface area contributed by atoms with Crippen LogP contribution in [0.5, 0.6) is 0 Å². The average molecular weight is 967 g/mol. The van der Waals surface area contributed by atoms with Gasteiger partial charge in [-0.15, -0.1) is 23.3 Å². The molecule has 0 spiro atoms. The molecule has 286 valence electrons. The first kappa shape index (κ1) is 44.1. The van der Waals surface area contributed by atoms with Crippen LogP contribution >= 0.6 is 15.8 Å². The summed E-state index contributed by atoms with van der Waals surface area (Å²) < 4.78 is 0. The fourth-order valence-electron chi connectivity index (χ4n) is 6.96. The van der Waals surface area contributed by atoms with E-state index < -0.39 is 15.8 Å². The molecule has 0 amide bonds. The van der Waals surface area contributed by atoms with Crippen LogP contribution in [0.1, 0.15) is 11.1 Å². The van der Waals surface area contributed by atoms with E-state index in [0.29, 0.717) is 0 Å². The first-order chi connectivity index (χ1) is 27.7. The third kappa shape index (κ3) is 10.9. The second-order valence-electron chi connectivity index (χ2n) is 13.1. The van der Waals surface area contributed by atoms with E-state index in [2.05, 4.69) is 157 Å². The maximum absolute atomic E-state index is 7.08. The number of hydrogen-bond acceptors (Lipinski definition) is 0. The molecule has 0 N–H and O–H groups in total. The van der Waals surface area contributed by atoms with Gasteiger partial charge in [0.1, 0.15) is 47.7 Å². The molecule has 0 heterocycles. The molecule has 9 aromatic carbocycles. The van der Waals surface area contributed by atoms with Crippen LogP contribution in [-0.2, 0) is 44.8 Å². The van der Waals surface area contributed by atoms with Gasteiger partial charge >= 0.3 is 44.8 Å². The van der Waals surface area contributed by atoms with Gasteiger partial charge < -0.3 is 12.8 Å². The van der Waals surface area contributed by atoms with E-state index in [1.54, 1.807) is 0 Å². The second-order valence-corrected chi connectivity index (χ2v) is 17.9. The molecule has 0 atom stereocenters. The molecule has 0 aliphatic carbocycles. The molecular formula is C54H40Ag2P2+2. The zero-order valence-corrected chi connectivity index (χ0v) is 36.5. The minimum absolute atomic E-state index is 0. The fourth-order valence-corrected chi connectivity index (χ4v) is 13.0. The minimum Gasteiger partial charge on any atom is -0.366 e. The molecule has 0 saturated heterocycles. The van der Waals surface area contributed by atoms with E-state index in [9.17, 15) is 0 Å². The van der Waals surface area contributed by atoms with E-state index in [1.165, 1.54) is 31.8 Å². The van der Waals surface area contributed by atoms with Crippen LogP contribution in [-0.4, -0.2) is 0 Å². The molecule has 0 aliphatic heterocycles. The first-order valence-electron chi connectivity index (χ1n) is 18.6. The summed E-state index contributed by atoms with van der Waals surface area (Å²) in [6.07, 6.45) is 14.2. The van der Waals surface area contributed by atoms with Crippen LogP contribution in [0.2, 0.25) is 0 Å². The van der Waals surface area contributed by atoms with Crippen molar-refractivity contribution in [2.75, 3.05) is 0 Å². The Morgan fingerprint density at radius 1 is 0.276 bits per heavy atom. The van der Waals surface area contributed by atoms with Crippen LogP contribution in [0, 0.1) is 24.7 Å². The van der Waals surface area contributed by atoms with Gasteiger partial charge in [0.05, 0.1) is 0 Å². The molecule has 4 heteroatoms. The van der Waals surface area contributed by atoms with Gasteiger partial charge in [-0.05, 0) is 71.4 Å². The van der Waals surface area contributed by atoms with Crippen LogP contribution in [0.25, 0.3) is 21.5 Å². The zero-order valence-electron chi connectivity index (χ0n) is 31.5. The largest absolute Gasteiger partial charge is 1.00 e. The van der Waals surface area contributed by atoms with Crippen molar-refractivity contribution in [1.29, 1.82) is 0 Å². The molecule has 0 bridgehead atoms. The van der Waals surface area contributed by atoms with Crippen molar-refractivity contribution in [2.45, 2.75) is 0 Å². The van der Waals surface area contributed by atoms with Gasteiger partial charge in [-0.25, -0.2) is 0 Å². The van der Waals surface area contributed by atoms with E-state index in [4.69, 9.17) is 12.8 Å². The smallest absolute Gasteiger partial charge is 0.366 e. The SMILES string of the molecule is [Ag+].[Ag+].[C-]#Cc1cccc2ccccc12.[C-]#Cc1cccc2ccccc12.c1ccc([PH+](c2ccccc2)c2ccccc2[PH+](c2ccccc2)c2ccccc2)cc1. The Bertz CT molecular complexity index is 2440. The van der Waals surface area contributed by atoms with Crippen LogP contribution in [0.4, 0.5) is 0 Å². The van der Waals surface area contributed by atoms with Gasteiger partial charge in [0, 0.05) is 0 Å². The Labute approximate surface area is 377 Å². The van der Waals surface area contributed by atoms with E-state index in [1.807, 2.05) is 84.9 Å². The van der Waals surface area contributed by atoms with Gasteiger partial charge in [0.25, 0.3) is 0 Å². The predicted molar refractivity (Wildman–Crippen MR) is 247 cm³/mol. The molecule has 0 saturated carbocycles. The second kappa shape index (κ2) is 22.8. The number of rotatable bonds is 6. The summed E-state index contributed by atoms with van der Waals surface area (Å²) in [7, 11) is -2.28. The molecule has 0 fully saturated rings. The number of benzene rings is 9. The van der Waals surface area contributed by atoms with Crippen molar-refractivity contribution in [3.8, 4) is 11.8 Å². The van der Waals surface area contributed by atoms with Crippen LogP contribution in [0.15, 0.2) is 231 Å². The molecule has 0 aliphatic rings. The molecular weight excluding hydrogens is 926 g/mol. The van der Waals surface area contributed by atoms with E-state index in [-0.39, 0.29) is 44.8 Å². The van der Waals surface area contributed by atoms with Crippen molar-refractivity contribution in [2.24, 2.45) is 0 Å². The Balaban J connectivity index is 0.000000201. The van der Waals surface area contributed by atoms with E-state index in [0.717, 1.165) is 32.7 Å². The van der Waals surface area contributed by atoms with Gasteiger partial charge in [0.2, 0.25) is 0 Å². The molecule has 9 rings (SSSR count). The summed E-state index contributed by atoms with van der Waals surface area (Å²) in [4.78, 5) is 0.